The summed E-state index contributed by atoms with van der Waals surface area (Å²) in [4.78, 5) is 0. The molecule has 1 radical (unpaired) electrons. The van der Waals surface area contributed by atoms with E-state index in [-0.39, 0.29) is 6.10 Å². The second kappa shape index (κ2) is 4.95. The van der Waals surface area contributed by atoms with Crippen LogP contribution in [0, 0.1) is 6.92 Å². The maximum atomic E-state index is 13.0. The van der Waals surface area contributed by atoms with Gasteiger partial charge in [-0.15, -0.1) is 0 Å². The van der Waals surface area contributed by atoms with Crippen molar-refractivity contribution in [2.24, 2.45) is 0 Å². The fraction of sp³-hybridized carbons (Fsp3) is 0.188. The number of hydrogen-bond donors (Lipinski definition) is 0. The summed E-state index contributed by atoms with van der Waals surface area (Å²) in [6, 6.07) is 8.93. The van der Waals surface area contributed by atoms with Crippen LogP contribution in [-0.4, -0.2) is 6.10 Å². The number of alkyl halides is 3. The van der Waals surface area contributed by atoms with Crippen molar-refractivity contribution in [3.63, 3.8) is 0 Å². The molecule has 0 saturated heterocycles. The molecule has 0 spiro atoms. The summed E-state index contributed by atoms with van der Waals surface area (Å²) in [5, 5.41) is 0.461. The van der Waals surface area contributed by atoms with E-state index in [1.54, 1.807) is 24.3 Å². The van der Waals surface area contributed by atoms with Crippen LogP contribution < -0.4 is 4.74 Å². The third-order valence-corrected chi connectivity index (χ3v) is 3.60. The standard InChI is InChI=1S/C16H11ClF3O/c1-9-5-11-6-12(16(18,19)20)8-14(15(11)21-9)10-3-2-4-13(17)7-10/h2-4,6-9H,1,5H2. The lowest BCUT2D eigenvalue weighted by Gasteiger charge is -2.14. The Labute approximate surface area is 125 Å². The number of rotatable bonds is 1. The zero-order valence-electron chi connectivity index (χ0n) is 10.9. The van der Waals surface area contributed by atoms with Gasteiger partial charge in [0.15, 0.2) is 0 Å². The lowest BCUT2D eigenvalue weighted by Crippen LogP contribution is -2.06. The second-order valence-corrected chi connectivity index (χ2v) is 5.40. The van der Waals surface area contributed by atoms with Crippen LogP contribution in [0.1, 0.15) is 11.1 Å². The van der Waals surface area contributed by atoms with Gasteiger partial charge in [0.2, 0.25) is 0 Å². The van der Waals surface area contributed by atoms with Crippen molar-refractivity contribution >= 4 is 11.6 Å². The molecule has 21 heavy (non-hydrogen) atoms. The Morgan fingerprint density at radius 1 is 1.19 bits per heavy atom. The van der Waals surface area contributed by atoms with Gasteiger partial charge in [-0.1, -0.05) is 23.7 Å². The number of hydrogen-bond acceptors (Lipinski definition) is 1. The van der Waals surface area contributed by atoms with Gasteiger partial charge in [-0.25, -0.2) is 0 Å². The maximum Gasteiger partial charge on any atom is 0.416 e. The predicted octanol–water partition coefficient (Wildman–Crippen LogP) is 5.16. The van der Waals surface area contributed by atoms with E-state index in [4.69, 9.17) is 16.3 Å². The highest BCUT2D eigenvalue weighted by atomic mass is 35.5. The summed E-state index contributed by atoms with van der Waals surface area (Å²) >= 11 is 5.93. The molecule has 1 heterocycles. The van der Waals surface area contributed by atoms with Crippen LogP contribution in [0.5, 0.6) is 5.75 Å². The van der Waals surface area contributed by atoms with Crippen LogP contribution in [-0.2, 0) is 12.6 Å². The Kier molecular flexibility index (Phi) is 3.36. The monoisotopic (exact) mass is 311 g/mol. The highest BCUT2D eigenvalue weighted by molar-refractivity contribution is 6.30. The molecule has 0 amide bonds. The van der Waals surface area contributed by atoms with Gasteiger partial charge in [0.25, 0.3) is 0 Å². The highest BCUT2D eigenvalue weighted by Crippen LogP contribution is 2.43. The molecule has 0 saturated carbocycles. The molecule has 109 valence electrons. The van der Waals surface area contributed by atoms with Gasteiger partial charge >= 0.3 is 6.18 Å². The first kappa shape index (κ1) is 14.3. The van der Waals surface area contributed by atoms with E-state index >= 15 is 0 Å². The van der Waals surface area contributed by atoms with Crippen LogP contribution in [0.25, 0.3) is 11.1 Å². The average Bonchev–Trinajstić information content (AvgIpc) is 2.76. The Balaban J connectivity index is 2.22. The average molecular weight is 312 g/mol. The Morgan fingerprint density at radius 3 is 2.62 bits per heavy atom. The molecule has 3 rings (SSSR count). The van der Waals surface area contributed by atoms with Crippen molar-refractivity contribution in [3.05, 3.63) is 59.5 Å². The van der Waals surface area contributed by atoms with Gasteiger partial charge in [-0.05, 0) is 42.3 Å². The smallest absolute Gasteiger partial charge is 0.416 e. The summed E-state index contributed by atoms with van der Waals surface area (Å²) in [6.07, 6.45) is -4.41. The predicted molar refractivity (Wildman–Crippen MR) is 75.4 cm³/mol. The van der Waals surface area contributed by atoms with Crippen molar-refractivity contribution in [1.82, 2.24) is 0 Å². The number of ether oxygens (including phenoxy) is 1. The van der Waals surface area contributed by atoms with E-state index < -0.39 is 11.7 Å². The van der Waals surface area contributed by atoms with E-state index in [1.807, 2.05) is 0 Å². The van der Waals surface area contributed by atoms with Crippen molar-refractivity contribution in [2.45, 2.75) is 18.7 Å². The first-order chi connectivity index (χ1) is 9.84. The lowest BCUT2D eigenvalue weighted by molar-refractivity contribution is -0.137. The summed E-state index contributed by atoms with van der Waals surface area (Å²) in [6.45, 7) is 3.77. The van der Waals surface area contributed by atoms with Crippen LogP contribution >= 0.6 is 11.6 Å². The summed E-state index contributed by atoms with van der Waals surface area (Å²) in [7, 11) is 0. The lowest BCUT2D eigenvalue weighted by atomic mass is 9.97. The van der Waals surface area contributed by atoms with Crippen molar-refractivity contribution in [2.75, 3.05) is 0 Å². The molecule has 2 aromatic rings. The molecule has 0 N–H and O–H groups in total. The summed E-state index contributed by atoms with van der Waals surface area (Å²) < 4.78 is 44.7. The quantitative estimate of drug-likeness (QED) is 0.706. The molecule has 1 atom stereocenters. The molecule has 2 aromatic carbocycles. The van der Waals surface area contributed by atoms with Crippen molar-refractivity contribution < 1.29 is 17.9 Å². The van der Waals surface area contributed by atoms with Crippen molar-refractivity contribution in [1.29, 1.82) is 0 Å². The summed E-state index contributed by atoms with van der Waals surface area (Å²) in [5.41, 5.74) is 0.834. The third kappa shape index (κ3) is 2.72. The molecule has 1 aliphatic rings. The largest absolute Gasteiger partial charge is 0.489 e. The molecule has 0 aliphatic carbocycles. The number of benzene rings is 2. The molecule has 5 heteroatoms. The zero-order chi connectivity index (χ0) is 15.2. The third-order valence-electron chi connectivity index (χ3n) is 3.36. The summed E-state index contributed by atoms with van der Waals surface area (Å²) in [5.74, 6) is 0.463. The minimum Gasteiger partial charge on any atom is -0.489 e. The molecule has 0 fully saturated rings. The maximum absolute atomic E-state index is 13.0. The Bertz CT molecular complexity index is 694. The zero-order valence-corrected chi connectivity index (χ0v) is 11.6. The van der Waals surface area contributed by atoms with Crippen LogP contribution in [0.2, 0.25) is 5.02 Å². The minimum atomic E-state index is -4.40. The molecule has 1 unspecified atom stereocenters. The fourth-order valence-corrected chi connectivity index (χ4v) is 2.66. The van der Waals surface area contributed by atoms with Crippen LogP contribution in [0.4, 0.5) is 13.2 Å². The fourth-order valence-electron chi connectivity index (χ4n) is 2.47. The normalized spacial score (nSPS) is 17.5. The van der Waals surface area contributed by atoms with Gasteiger partial charge < -0.3 is 4.74 Å². The van der Waals surface area contributed by atoms with E-state index in [9.17, 15) is 13.2 Å². The van der Waals surface area contributed by atoms with Crippen LogP contribution in [0.3, 0.4) is 0 Å². The van der Waals surface area contributed by atoms with Gasteiger partial charge in [-0.2, -0.15) is 13.2 Å². The van der Waals surface area contributed by atoms with E-state index in [2.05, 4.69) is 6.92 Å². The van der Waals surface area contributed by atoms with E-state index in [0.29, 0.717) is 33.9 Å². The SMILES string of the molecule is [CH2]C1Cc2cc(C(F)(F)F)cc(-c3cccc(Cl)c3)c2O1. The molecule has 0 aromatic heterocycles. The van der Waals surface area contributed by atoms with E-state index in [1.165, 1.54) is 0 Å². The van der Waals surface area contributed by atoms with Gasteiger partial charge in [0.05, 0.1) is 5.56 Å². The highest BCUT2D eigenvalue weighted by Gasteiger charge is 2.34. The Morgan fingerprint density at radius 2 is 1.95 bits per heavy atom. The van der Waals surface area contributed by atoms with Gasteiger partial charge in [-0.3, -0.25) is 0 Å². The van der Waals surface area contributed by atoms with E-state index in [0.717, 1.165) is 12.1 Å². The molecule has 0 bridgehead atoms. The number of fused-ring (bicyclic) bond motifs is 1. The first-order valence-electron chi connectivity index (χ1n) is 6.34. The minimum absolute atomic E-state index is 0.368. The van der Waals surface area contributed by atoms with Gasteiger partial charge in [0, 0.05) is 17.0 Å². The number of halogens is 4. The van der Waals surface area contributed by atoms with Crippen molar-refractivity contribution in [3.8, 4) is 16.9 Å². The van der Waals surface area contributed by atoms with Crippen LogP contribution in [0.15, 0.2) is 36.4 Å². The molecular weight excluding hydrogens is 301 g/mol. The first-order valence-corrected chi connectivity index (χ1v) is 6.72. The molecular formula is C16H11ClF3O. The Hall–Kier alpha value is -1.68. The topological polar surface area (TPSA) is 9.23 Å². The van der Waals surface area contributed by atoms with Gasteiger partial charge in [0.1, 0.15) is 11.9 Å². The molecule has 1 aliphatic heterocycles. The molecule has 1 nitrogen and oxygen atoms in total. The second-order valence-electron chi connectivity index (χ2n) is 4.96.